The molecule has 0 bridgehead atoms. The molecule has 0 saturated heterocycles. The zero-order valence-electron chi connectivity index (χ0n) is 32.8. The summed E-state index contributed by atoms with van der Waals surface area (Å²) >= 11 is 0. The summed E-state index contributed by atoms with van der Waals surface area (Å²) in [5.74, 6) is -1.29. The van der Waals surface area contributed by atoms with Crippen LogP contribution in [0.4, 0.5) is 0 Å². The first kappa shape index (κ1) is 43.0. The molecule has 6 atom stereocenters. The minimum absolute atomic E-state index is 0.100. The van der Waals surface area contributed by atoms with Crippen molar-refractivity contribution in [2.45, 2.75) is 123 Å². The Kier molecular flexibility index (Phi) is 17.6. The summed E-state index contributed by atoms with van der Waals surface area (Å²) in [6.45, 7) is 7.89. The maximum Gasteiger partial charge on any atom is 0.258 e. The lowest BCUT2D eigenvalue weighted by atomic mass is 9.79. The molecule has 4 amide bonds. The van der Waals surface area contributed by atoms with Crippen LogP contribution in [0.5, 0.6) is 5.75 Å². The fourth-order valence-electron chi connectivity index (χ4n) is 7.19. The van der Waals surface area contributed by atoms with Crippen LogP contribution < -0.4 is 26.0 Å². The second kappa shape index (κ2) is 22.6. The van der Waals surface area contributed by atoms with Gasteiger partial charge in [-0.15, -0.1) is 0 Å². The van der Waals surface area contributed by atoms with Gasteiger partial charge in [-0.05, 0) is 61.3 Å². The Morgan fingerprint density at radius 2 is 1.65 bits per heavy atom. The Morgan fingerprint density at radius 1 is 0.909 bits per heavy atom. The molecule has 1 saturated carbocycles. The highest BCUT2D eigenvalue weighted by molar-refractivity contribution is 5.89. The Hall–Kier alpha value is -4.78. The van der Waals surface area contributed by atoms with Gasteiger partial charge in [0.1, 0.15) is 17.8 Å². The fourth-order valence-corrected chi connectivity index (χ4v) is 7.19. The number of nitrogens with zero attached hydrogens (tertiary/aromatic N) is 2. The summed E-state index contributed by atoms with van der Waals surface area (Å²) in [4.78, 5) is 66.1. The molecule has 3 aromatic rings. The SMILES string of the molecule is CC[C@H](C)[C@H](NC(=O)[C@H](CC1CCCCC1)C[C@H](O)[C@H](CC(C)C)NC(=O)[C@H](Cc1cnc[nH]1)NC(=O)COc1ccccc1)C(=O)NCc1ccccn1. The van der Waals surface area contributed by atoms with Crippen LogP contribution >= 0.6 is 0 Å². The first-order chi connectivity index (χ1) is 26.5. The van der Waals surface area contributed by atoms with Crippen molar-refractivity contribution in [3.63, 3.8) is 0 Å². The van der Waals surface area contributed by atoms with Crippen LogP contribution in [-0.4, -0.2) is 74.5 Å². The highest BCUT2D eigenvalue weighted by atomic mass is 16.5. The van der Waals surface area contributed by atoms with Crippen molar-refractivity contribution in [3.05, 3.63) is 78.6 Å². The van der Waals surface area contributed by atoms with E-state index in [-0.39, 0.29) is 49.6 Å². The second-order valence-electron chi connectivity index (χ2n) is 15.4. The molecule has 2 aromatic heterocycles. The van der Waals surface area contributed by atoms with E-state index in [0.29, 0.717) is 42.3 Å². The standard InChI is InChI=1S/C42H61N7O6/c1-5-29(4)39(42(54)45-25-32-16-12-13-19-44-32)49-40(52)31(21-30-14-8-6-9-15-30)22-37(50)35(20-28(2)3)48-41(53)36(23-33-24-43-27-46-33)47-38(51)26-55-34-17-10-7-11-18-34/h7,10-13,16-19,24,27-31,35-37,39,50H,5-6,8-9,14-15,20-23,25-26H2,1-4H3,(H,43,46)(H,45,54)(H,47,51)(H,48,53)(H,49,52)/t29-,31+,35-,36-,37-,39-/m0/s1. The highest BCUT2D eigenvalue weighted by Crippen LogP contribution is 2.32. The van der Waals surface area contributed by atoms with Crippen molar-refractivity contribution in [2.24, 2.45) is 23.7 Å². The summed E-state index contributed by atoms with van der Waals surface area (Å²) < 4.78 is 5.61. The fraction of sp³-hybridized carbons (Fsp3) is 0.571. The number of imidazole rings is 1. The minimum Gasteiger partial charge on any atom is -0.484 e. The average Bonchev–Trinajstić information content (AvgIpc) is 3.71. The van der Waals surface area contributed by atoms with Gasteiger partial charge in [-0.2, -0.15) is 0 Å². The van der Waals surface area contributed by atoms with Gasteiger partial charge in [0.05, 0.1) is 30.7 Å². The first-order valence-electron chi connectivity index (χ1n) is 19.9. The molecular formula is C42H61N7O6. The molecule has 1 fully saturated rings. The van der Waals surface area contributed by atoms with Crippen LogP contribution in [0.3, 0.4) is 0 Å². The van der Waals surface area contributed by atoms with Gasteiger partial charge >= 0.3 is 0 Å². The van der Waals surface area contributed by atoms with Gasteiger partial charge in [0.2, 0.25) is 17.7 Å². The summed E-state index contributed by atoms with van der Waals surface area (Å²) in [6, 6.07) is 12.0. The number of aliphatic hydroxyl groups excluding tert-OH is 1. The molecule has 6 N–H and O–H groups in total. The number of aromatic nitrogens is 3. The molecule has 1 aromatic carbocycles. The molecule has 300 valence electrons. The summed E-state index contributed by atoms with van der Waals surface area (Å²) in [5.41, 5.74) is 1.36. The van der Waals surface area contributed by atoms with Crippen LogP contribution in [0.2, 0.25) is 0 Å². The number of aromatic amines is 1. The summed E-state index contributed by atoms with van der Waals surface area (Å²) in [6.07, 6.45) is 11.0. The molecule has 55 heavy (non-hydrogen) atoms. The van der Waals surface area contributed by atoms with E-state index in [0.717, 1.165) is 25.7 Å². The van der Waals surface area contributed by atoms with E-state index in [1.54, 1.807) is 36.7 Å². The van der Waals surface area contributed by atoms with Crippen LogP contribution in [0.1, 0.15) is 96.9 Å². The molecule has 13 nitrogen and oxygen atoms in total. The monoisotopic (exact) mass is 759 g/mol. The maximum atomic E-state index is 14.2. The van der Waals surface area contributed by atoms with Crippen LogP contribution in [0.25, 0.3) is 0 Å². The topological polar surface area (TPSA) is 187 Å². The quantitative estimate of drug-likeness (QED) is 0.0856. The molecule has 13 heteroatoms. The van der Waals surface area contributed by atoms with Crippen LogP contribution in [0, 0.1) is 23.7 Å². The van der Waals surface area contributed by atoms with Crippen molar-refractivity contribution in [1.82, 2.24) is 36.2 Å². The number of benzene rings is 1. The molecule has 0 unspecified atom stereocenters. The Balaban J connectivity index is 1.48. The van der Waals surface area contributed by atoms with Gasteiger partial charge in [-0.25, -0.2) is 4.98 Å². The third-order valence-electron chi connectivity index (χ3n) is 10.5. The van der Waals surface area contributed by atoms with E-state index in [1.807, 2.05) is 52.0 Å². The maximum absolute atomic E-state index is 14.2. The van der Waals surface area contributed by atoms with Crippen LogP contribution in [0.15, 0.2) is 67.3 Å². The lowest BCUT2D eigenvalue weighted by Crippen LogP contribution is -2.55. The Bertz CT molecular complexity index is 1580. The number of para-hydroxylation sites is 1. The molecule has 0 aliphatic heterocycles. The third-order valence-corrected chi connectivity index (χ3v) is 10.5. The number of carbonyl (C=O) groups is 4. The normalized spacial score (nSPS) is 16.5. The van der Waals surface area contributed by atoms with Gasteiger partial charge in [0, 0.05) is 30.4 Å². The van der Waals surface area contributed by atoms with Crippen molar-refractivity contribution in [3.8, 4) is 5.75 Å². The van der Waals surface area contributed by atoms with E-state index in [1.165, 1.54) is 12.7 Å². The predicted octanol–water partition coefficient (Wildman–Crippen LogP) is 4.63. The molecule has 0 spiro atoms. The number of H-pyrrole nitrogens is 1. The van der Waals surface area contributed by atoms with E-state index < -0.39 is 42.0 Å². The number of pyridine rings is 1. The molecule has 0 radical (unpaired) electrons. The number of ether oxygens (including phenoxy) is 1. The number of hydrogen-bond acceptors (Lipinski definition) is 8. The number of hydrogen-bond donors (Lipinski definition) is 6. The molecule has 1 aliphatic carbocycles. The third kappa shape index (κ3) is 14.8. The lowest BCUT2D eigenvalue weighted by molar-refractivity contribution is -0.134. The summed E-state index contributed by atoms with van der Waals surface area (Å²) in [7, 11) is 0. The Labute approximate surface area is 325 Å². The Morgan fingerprint density at radius 3 is 2.31 bits per heavy atom. The highest BCUT2D eigenvalue weighted by Gasteiger charge is 2.35. The largest absolute Gasteiger partial charge is 0.484 e. The number of carbonyl (C=O) groups excluding carboxylic acids is 4. The van der Waals surface area contributed by atoms with E-state index in [9.17, 15) is 24.3 Å². The van der Waals surface area contributed by atoms with Crippen molar-refractivity contribution >= 4 is 23.6 Å². The second-order valence-corrected chi connectivity index (χ2v) is 15.4. The van der Waals surface area contributed by atoms with Crippen LogP contribution in [-0.2, 0) is 32.1 Å². The lowest BCUT2D eigenvalue weighted by Gasteiger charge is -2.33. The van der Waals surface area contributed by atoms with E-state index in [4.69, 9.17) is 4.74 Å². The van der Waals surface area contributed by atoms with Gasteiger partial charge in [-0.3, -0.25) is 24.2 Å². The van der Waals surface area contributed by atoms with Crippen molar-refractivity contribution in [1.29, 1.82) is 0 Å². The smallest absolute Gasteiger partial charge is 0.258 e. The van der Waals surface area contributed by atoms with Gasteiger partial charge in [-0.1, -0.05) is 90.5 Å². The molecule has 4 rings (SSSR count). The first-order valence-corrected chi connectivity index (χ1v) is 19.9. The number of rotatable bonds is 22. The predicted molar refractivity (Wildman–Crippen MR) is 210 cm³/mol. The molecule has 1 aliphatic rings. The zero-order valence-corrected chi connectivity index (χ0v) is 32.8. The number of nitrogens with one attached hydrogen (secondary N) is 5. The summed E-state index contributed by atoms with van der Waals surface area (Å²) in [5, 5.41) is 23.7. The van der Waals surface area contributed by atoms with Gasteiger partial charge < -0.3 is 36.1 Å². The van der Waals surface area contributed by atoms with E-state index >= 15 is 0 Å². The molecule has 2 heterocycles. The molecular weight excluding hydrogens is 699 g/mol. The zero-order chi connectivity index (χ0) is 39.6. The minimum atomic E-state index is -1.07. The number of aliphatic hydroxyl groups is 1. The van der Waals surface area contributed by atoms with Gasteiger partial charge in [0.25, 0.3) is 5.91 Å². The van der Waals surface area contributed by atoms with E-state index in [2.05, 4.69) is 36.2 Å². The van der Waals surface area contributed by atoms with Crippen molar-refractivity contribution in [2.75, 3.05) is 6.61 Å². The average molecular weight is 760 g/mol. The van der Waals surface area contributed by atoms with Gasteiger partial charge in [0.15, 0.2) is 6.61 Å². The number of amides is 4. The van der Waals surface area contributed by atoms with Crippen molar-refractivity contribution < 1.29 is 29.0 Å².